The van der Waals surface area contributed by atoms with Gasteiger partial charge in [0.2, 0.25) is 12.0 Å². The van der Waals surface area contributed by atoms with Crippen LogP contribution in [0.1, 0.15) is 23.8 Å². The van der Waals surface area contributed by atoms with E-state index in [-0.39, 0.29) is 32.7 Å². The molecule has 0 bridgehead atoms. The van der Waals surface area contributed by atoms with Gasteiger partial charge in [-0.3, -0.25) is 9.59 Å². The van der Waals surface area contributed by atoms with Crippen LogP contribution in [0.2, 0.25) is 5.02 Å². The fraction of sp³-hybridized carbons (Fsp3) is 0.280. The summed E-state index contributed by atoms with van der Waals surface area (Å²) in [7, 11) is 0. The molecular weight excluding hydrogens is 460 g/mol. The minimum Gasteiger partial charge on any atom is -0.485 e. The maximum Gasteiger partial charge on any atom is 0.268 e. The Balaban J connectivity index is 1.62. The van der Waals surface area contributed by atoms with Crippen LogP contribution in [0.15, 0.2) is 71.3 Å². The minimum absolute atomic E-state index is 0.00677. The molecule has 1 aliphatic rings. The number of aliphatic hydroxyl groups excluding tert-OH is 1. The number of hydrogen-bond donors (Lipinski definition) is 2. The predicted molar refractivity (Wildman–Crippen MR) is 125 cm³/mol. The zero-order valence-corrected chi connectivity index (χ0v) is 19.1. The summed E-state index contributed by atoms with van der Waals surface area (Å²) in [6.45, 7) is 0.162. The first-order valence-corrected chi connectivity index (χ1v) is 11.3. The Hall–Kier alpha value is -3.49. The molecule has 1 aromatic heterocycles. The summed E-state index contributed by atoms with van der Waals surface area (Å²) in [6, 6.07) is 16.3. The van der Waals surface area contributed by atoms with Crippen molar-refractivity contribution in [2.24, 2.45) is 0 Å². The highest BCUT2D eigenvalue weighted by molar-refractivity contribution is 6.30. The van der Waals surface area contributed by atoms with E-state index in [2.05, 4.69) is 5.32 Å². The van der Waals surface area contributed by atoms with Crippen molar-refractivity contribution in [2.75, 3.05) is 19.8 Å². The van der Waals surface area contributed by atoms with Crippen LogP contribution in [-0.4, -0.2) is 47.7 Å². The first-order chi connectivity index (χ1) is 16.6. The SMILES string of the molecule is O=C(NCc1ccco1)[C@H](c1ccc(Cl)cc1)N(CCCO)C(=O)[C@@H]1COc2ccccc2O1. The molecule has 1 aliphatic heterocycles. The maximum atomic E-state index is 13.6. The number of ether oxygens (including phenoxy) is 2. The van der Waals surface area contributed by atoms with Crippen LogP contribution in [0.25, 0.3) is 0 Å². The highest BCUT2D eigenvalue weighted by Crippen LogP contribution is 2.32. The molecule has 0 fully saturated rings. The number of halogens is 1. The average Bonchev–Trinajstić information content (AvgIpc) is 3.39. The molecule has 4 rings (SSSR count). The summed E-state index contributed by atoms with van der Waals surface area (Å²) >= 11 is 6.06. The smallest absolute Gasteiger partial charge is 0.268 e. The normalized spacial score (nSPS) is 15.4. The van der Waals surface area contributed by atoms with E-state index in [1.165, 1.54) is 11.2 Å². The van der Waals surface area contributed by atoms with E-state index < -0.39 is 24.0 Å². The Bertz CT molecular complexity index is 1100. The third-order valence-electron chi connectivity index (χ3n) is 5.39. The molecule has 178 valence electrons. The number of carbonyl (C=O) groups excluding carboxylic acids is 2. The number of fused-ring (bicyclic) bond motifs is 1. The Morgan fingerprint density at radius 1 is 1.09 bits per heavy atom. The largest absolute Gasteiger partial charge is 0.485 e. The summed E-state index contributed by atoms with van der Waals surface area (Å²) in [4.78, 5) is 28.5. The van der Waals surface area contributed by atoms with E-state index in [0.717, 1.165) is 0 Å². The van der Waals surface area contributed by atoms with Crippen LogP contribution in [0.3, 0.4) is 0 Å². The van der Waals surface area contributed by atoms with Crippen LogP contribution < -0.4 is 14.8 Å². The van der Waals surface area contributed by atoms with Crippen molar-refractivity contribution in [3.63, 3.8) is 0 Å². The van der Waals surface area contributed by atoms with E-state index in [1.807, 2.05) is 6.07 Å². The number of nitrogens with zero attached hydrogens (tertiary/aromatic N) is 1. The summed E-state index contributed by atoms with van der Waals surface area (Å²) in [5, 5.41) is 12.8. The molecule has 2 heterocycles. The van der Waals surface area contributed by atoms with Gasteiger partial charge in [0, 0.05) is 18.2 Å². The van der Waals surface area contributed by atoms with Gasteiger partial charge in [-0.2, -0.15) is 0 Å². The number of nitrogens with one attached hydrogen (secondary N) is 1. The molecule has 0 radical (unpaired) electrons. The van der Waals surface area contributed by atoms with Crippen LogP contribution >= 0.6 is 11.6 Å². The van der Waals surface area contributed by atoms with E-state index in [0.29, 0.717) is 27.8 Å². The van der Waals surface area contributed by atoms with Gasteiger partial charge in [-0.1, -0.05) is 35.9 Å². The lowest BCUT2D eigenvalue weighted by atomic mass is 10.0. The summed E-state index contributed by atoms with van der Waals surface area (Å²) < 4.78 is 16.9. The van der Waals surface area contributed by atoms with Gasteiger partial charge < -0.3 is 29.2 Å². The topological polar surface area (TPSA) is 101 Å². The van der Waals surface area contributed by atoms with Crippen LogP contribution in [0, 0.1) is 0 Å². The number of furan rings is 1. The Labute approximate surface area is 202 Å². The number of amides is 2. The van der Waals surface area contributed by atoms with E-state index in [4.69, 9.17) is 25.5 Å². The molecule has 2 N–H and O–H groups in total. The molecule has 34 heavy (non-hydrogen) atoms. The number of rotatable bonds is 9. The number of aliphatic hydroxyl groups is 1. The van der Waals surface area contributed by atoms with E-state index in [9.17, 15) is 14.7 Å². The van der Waals surface area contributed by atoms with Gasteiger partial charge in [0.15, 0.2) is 11.5 Å². The Morgan fingerprint density at radius 2 is 1.85 bits per heavy atom. The molecular formula is C25H25ClN2O6. The van der Waals surface area contributed by atoms with Crippen molar-refractivity contribution >= 4 is 23.4 Å². The monoisotopic (exact) mass is 484 g/mol. The highest BCUT2D eigenvalue weighted by Gasteiger charge is 2.37. The molecule has 0 spiro atoms. The molecule has 0 saturated carbocycles. The van der Waals surface area contributed by atoms with Gasteiger partial charge in [-0.05, 0) is 48.4 Å². The fourth-order valence-electron chi connectivity index (χ4n) is 3.74. The molecule has 9 heteroatoms. The highest BCUT2D eigenvalue weighted by atomic mass is 35.5. The zero-order chi connectivity index (χ0) is 23.9. The standard InChI is InChI=1S/C25H25ClN2O6/c26-18-10-8-17(9-11-18)23(24(30)27-15-19-5-3-14-32-19)28(12-4-13-29)25(31)22-16-33-20-6-1-2-7-21(20)34-22/h1-3,5-11,14,22-23,29H,4,12-13,15-16H2,(H,27,30)/t22-,23-/m0/s1. The zero-order valence-electron chi connectivity index (χ0n) is 18.4. The van der Waals surface area contributed by atoms with Crippen molar-refractivity contribution in [1.82, 2.24) is 10.2 Å². The first-order valence-electron chi connectivity index (χ1n) is 10.9. The molecule has 8 nitrogen and oxygen atoms in total. The Morgan fingerprint density at radius 3 is 2.56 bits per heavy atom. The molecule has 2 amide bonds. The second-order valence-electron chi connectivity index (χ2n) is 7.72. The van der Waals surface area contributed by atoms with Crippen molar-refractivity contribution in [3.8, 4) is 11.5 Å². The van der Waals surface area contributed by atoms with Crippen LogP contribution in [0.4, 0.5) is 0 Å². The molecule has 2 atom stereocenters. The minimum atomic E-state index is -0.980. The molecule has 0 saturated heterocycles. The number of para-hydroxylation sites is 2. The third kappa shape index (κ3) is 5.52. The van der Waals surface area contributed by atoms with Gasteiger partial charge in [0.25, 0.3) is 5.91 Å². The second kappa shape index (κ2) is 11.1. The van der Waals surface area contributed by atoms with Crippen molar-refractivity contribution in [1.29, 1.82) is 0 Å². The van der Waals surface area contributed by atoms with E-state index >= 15 is 0 Å². The van der Waals surface area contributed by atoms with Gasteiger partial charge in [-0.25, -0.2) is 0 Å². The van der Waals surface area contributed by atoms with Gasteiger partial charge in [-0.15, -0.1) is 0 Å². The van der Waals surface area contributed by atoms with Crippen molar-refractivity contribution in [3.05, 3.63) is 83.3 Å². The Kier molecular flexibility index (Phi) is 7.72. The second-order valence-corrected chi connectivity index (χ2v) is 8.16. The molecule has 3 aromatic rings. The summed E-state index contributed by atoms with van der Waals surface area (Å²) in [5.74, 6) is 0.772. The van der Waals surface area contributed by atoms with Crippen molar-refractivity contribution < 1.29 is 28.6 Å². The first kappa shape index (κ1) is 23.7. The van der Waals surface area contributed by atoms with Crippen LogP contribution in [-0.2, 0) is 16.1 Å². The summed E-state index contributed by atoms with van der Waals surface area (Å²) in [6.07, 6.45) is 0.861. The average molecular weight is 485 g/mol. The number of carbonyl (C=O) groups is 2. The van der Waals surface area contributed by atoms with E-state index in [1.54, 1.807) is 54.6 Å². The lowest BCUT2D eigenvalue weighted by Crippen LogP contribution is -2.51. The molecule has 0 aliphatic carbocycles. The predicted octanol–water partition coefficient (Wildman–Crippen LogP) is 3.34. The van der Waals surface area contributed by atoms with Gasteiger partial charge in [0.05, 0.1) is 12.8 Å². The lowest BCUT2D eigenvalue weighted by molar-refractivity contribution is -0.148. The fourth-order valence-corrected chi connectivity index (χ4v) is 3.86. The van der Waals surface area contributed by atoms with Crippen LogP contribution in [0.5, 0.6) is 11.5 Å². The molecule has 0 unspecified atom stereocenters. The van der Waals surface area contributed by atoms with Gasteiger partial charge in [0.1, 0.15) is 18.4 Å². The summed E-state index contributed by atoms with van der Waals surface area (Å²) in [5.41, 5.74) is 0.574. The number of hydrogen-bond acceptors (Lipinski definition) is 6. The third-order valence-corrected chi connectivity index (χ3v) is 5.64. The molecule has 2 aromatic carbocycles. The van der Waals surface area contributed by atoms with Crippen molar-refractivity contribution in [2.45, 2.75) is 25.1 Å². The maximum absolute atomic E-state index is 13.6. The number of benzene rings is 2. The van der Waals surface area contributed by atoms with Gasteiger partial charge >= 0.3 is 0 Å². The quantitative estimate of drug-likeness (QED) is 0.483. The lowest BCUT2D eigenvalue weighted by Gasteiger charge is -2.35.